The standard InChI is InChI=1S/C11H9N3S3/c15-11-13-12-10(9-4-2-6-17-9)14(11)7-8-3-1-5-16-8/h1-6H,7H2,(H,13,15). The molecule has 3 heterocycles. The topological polar surface area (TPSA) is 30.7 Å². The molecule has 0 saturated carbocycles. The van der Waals surface area contributed by atoms with Crippen molar-refractivity contribution in [1.29, 1.82) is 0 Å². The van der Waals surface area contributed by atoms with Crippen molar-refractivity contribution in [2.75, 3.05) is 0 Å². The Morgan fingerprint density at radius 3 is 2.65 bits per heavy atom. The van der Waals surface area contributed by atoms with Gasteiger partial charge in [-0.25, -0.2) is 0 Å². The molecule has 0 N–H and O–H groups in total. The van der Waals surface area contributed by atoms with Crippen LogP contribution < -0.4 is 0 Å². The predicted octanol–water partition coefficient (Wildman–Crippen LogP) is 3.41. The molecule has 0 aliphatic rings. The van der Waals surface area contributed by atoms with Crippen LogP contribution in [-0.4, -0.2) is 14.8 Å². The number of nitrogens with zero attached hydrogens (tertiary/aromatic N) is 3. The SMILES string of the molecule is Sc1nnc(-c2cccs2)n1Cc1cccs1. The van der Waals surface area contributed by atoms with Crippen LogP contribution in [0.2, 0.25) is 0 Å². The van der Waals surface area contributed by atoms with E-state index in [1.165, 1.54) is 4.88 Å². The van der Waals surface area contributed by atoms with Gasteiger partial charge in [-0.3, -0.25) is 4.57 Å². The van der Waals surface area contributed by atoms with Crippen LogP contribution in [0.1, 0.15) is 4.88 Å². The molecule has 0 unspecified atom stereocenters. The largest absolute Gasteiger partial charge is 0.296 e. The molecule has 0 atom stereocenters. The molecule has 0 saturated heterocycles. The van der Waals surface area contributed by atoms with Gasteiger partial charge in [-0.1, -0.05) is 12.1 Å². The lowest BCUT2D eigenvalue weighted by Gasteiger charge is -2.04. The van der Waals surface area contributed by atoms with Gasteiger partial charge in [0.25, 0.3) is 0 Å². The zero-order valence-corrected chi connectivity index (χ0v) is 11.3. The minimum absolute atomic E-state index is 0.654. The number of aromatic nitrogens is 3. The van der Waals surface area contributed by atoms with Gasteiger partial charge in [0.15, 0.2) is 11.0 Å². The molecule has 0 aliphatic heterocycles. The molecule has 6 heteroatoms. The third-order valence-corrected chi connectivity index (χ3v) is 4.42. The minimum Gasteiger partial charge on any atom is -0.296 e. The third-order valence-electron chi connectivity index (χ3n) is 2.37. The van der Waals surface area contributed by atoms with Crippen molar-refractivity contribution in [3.63, 3.8) is 0 Å². The quantitative estimate of drug-likeness (QED) is 0.745. The number of hydrogen-bond donors (Lipinski definition) is 1. The van der Waals surface area contributed by atoms with Gasteiger partial charge >= 0.3 is 0 Å². The van der Waals surface area contributed by atoms with Crippen molar-refractivity contribution in [3.05, 3.63) is 39.9 Å². The summed E-state index contributed by atoms with van der Waals surface area (Å²) >= 11 is 7.75. The Labute approximate surface area is 112 Å². The normalized spacial score (nSPS) is 10.9. The van der Waals surface area contributed by atoms with E-state index >= 15 is 0 Å². The monoisotopic (exact) mass is 279 g/mol. The Hall–Kier alpha value is -1.11. The maximum Gasteiger partial charge on any atom is 0.188 e. The molecule has 86 valence electrons. The predicted molar refractivity (Wildman–Crippen MR) is 74.0 cm³/mol. The highest BCUT2D eigenvalue weighted by atomic mass is 32.1. The fourth-order valence-electron chi connectivity index (χ4n) is 1.59. The van der Waals surface area contributed by atoms with Crippen molar-refractivity contribution >= 4 is 35.3 Å². The Bertz CT molecular complexity index is 596. The van der Waals surface area contributed by atoms with E-state index in [0.717, 1.165) is 17.2 Å². The zero-order chi connectivity index (χ0) is 11.7. The van der Waals surface area contributed by atoms with E-state index in [1.807, 2.05) is 28.1 Å². The molecule has 0 amide bonds. The van der Waals surface area contributed by atoms with E-state index in [-0.39, 0.29) is 0 Å². The Balaban J connectivity index is 2.01. The van der Waals surface area contributed by atoms with Crippen LogP contribution in [0.4, 0.5) is 0 Å². The summed E-state index contributed by atoms with van der Waals surface area (Å²) in [6, 6.07) is 8.22. The van der Waals surface area contributed by atoms with Gasteiger partial charge in [-0.15, -0.1) is 45.5 Å². The summed E-state index contributed by atoms with van der Waals surface area (Å²) in [5.74, 6) is 0.887. The molecule has 3 nitrogen and oxygen atoms in total. The lowest BCUT2D eigenvalue weighted by molar-refractivity contribution is 0.727. The number of hydrogen-bond acceptors (Lipinski definition) is 5. The molecule has 3 aromatic heterocycles. The van der Waals surface area contributed by atoms with Crippen LogP contribution in [-0.2, 0) is 6.54 Å². The number of thiol groups is 1. The Morgan fingerprint density at radius 2 is 1.94 bits per heavy atom. The maximum atomic E-state index is 4.36. The second-order valence-corrected chi connectivity index (χ2v) is 5.85. The first-order valence-electron chi connectivity index (χ1n) is 5.03. The van der Waals surface area contributed by atoms with Crippen molar-refractivity contribution in [2.24, 2.45) is 0 Å². The van der Waals surface area contributed by atoms with E-state index in [0.29, 0.717) is 5.16 Å². The first kappa shape index (κ1) is 11.0. The highest BCUT2D eigenvalue weighted by Gasteiger charge is 2.12. The second-order valence-electron chi connectivity index (χ2n) is 3.47. The minimum atomic E-state index is 0.654. The van der Waals surface area contributed by atoms with Crippen molar-refractivity contribution < 1.29 is 0 Å². The van der Waals surface area contributed by atoms with E-state index in [4.69, 9.17) is 0 Å². The summed E-state index contributed by atoms with van der Waals surface area (Å²) in [6.07, 6.45) is 0. The van der Waals surface area contributed by atoms with E-state index in [9.17, 15) is 0 Å². The first-order chi connectivity index (χ1) is 8.34. The average Bonchev–Trinajstić information content (AvgIpc) is 3.03. The Kier molecular flexibility index (Phi) is 3.00. The second kappa shape index (κ2) is 4.64. The molecule has 0 radical (unpaired) electrons. The van der Waals surface area contributed by atoms with E-state index < -0.39 is 0 Å². The van der Waals surface area contributed by atoms with Crippen molar-refractivity contribution in [3.8, 4) is 10.7 Å². The molecule has 3 aromatic rings. The molecule has 17 heavy (non-hydrogen) atoms. The van der Waals surface area contributed by atoms with Crippen LogP contribution >= 0.6 is 35.3 Å². The van der Waals surface area contributed by atoms with Gasteiger partial charge in [-0.2, -0.15) is 0 Å². The molecule has 0 spiro atoms. The van der Waals surface area contributed by atoms with Gasteiger partial charge in [0, 0.05) is 4.88 Å². The fraction of sp³-hybridized carbons (Fsp3) is 0.0909. The van der Waals surface area contributed by atoms with Crippen molar-refractivity contribution in [1.82, 2.24) is 14.8 Å². The van der Waals surface area contributed by atoms with Crippen LogP contribution in [0.3, 0.4) is 0 Å². The van der Waals surface area contributed by atoms with Crippen LogP contribution in [0.15, 0.2) is 40.2 Å². The van der Waals surface area contributed by atoms with Crippen LogP contribution in [0, 0.1) is 0 Å². The molecular formula is C11H9N3S3. The summed E-state index contributed by atoms with van der Waals surface area (Å²) in [4.78, 5) is 2.40. The van der Waals surface area contributed by atoms with Crippen LogP contribution in [0.25, 0.3) is 10.7 Å². The highest BCUT2D eigenvalue weighted by Crippen LogP contribution is 2.26. The third kappa shape index (κ3) is 2.15. The van der Waals surface area contributed by atoms with Gasteiger partial charge in [0.05, 0.1) is 11.4 Å². The lowest BCUT2D eigenvalue weighted by Crippen LogP contribution is -2.00. The molecule has 0 fully saturated rings. The summed E-state index contributed by atoms with van der Waals surface area (Å²) in [6.45, 7) is 0.775. The van der Waals surface area contributed by atoms with Crippen LogP contribution in [0.5, 0.6) is 0 Å². The van der Waals surface area contributed by atoms with Gasteiger partial charge in [0.2, 0.25) is 0 Å². The molecule has 0 bridgehead atoms. The summed E-state index contributed by atoms with van der Waals surface area (Å²) in [5.41, 5.74) is 0. The van der Waals surface area contributed by atoms with Gasteiger partial charge in [-0.05, 0) is 22.9 Å². The highest BCUT2D eigenvalue weighted by molar-refractivity contribution is 7.80. The van der Waals surface area contributed by atoms with Gasteiger partial charge < -0.3 is 0 Å². The molecule has 0 aliphatic carbocycles. The lowest BCUT2D eigenvalue weighted by atomic mass is 10.4. The zero-order valence-electron chi connectivity index (χ0n) is 8.78. The van der Waals surface area contributed by atoms with Gasteiger partial charge in [0.1, 0.15) is 0 Å². The smallest absolute Gasteiger partial charge is 0.188 e. The summed E-state index contributed by atoms with van der Waals surface area (Å²) in [7, 11) is 0. The first-order valence-corrected chi connectivity index (χ1v) is 7.23. The molecule has 0 aromatic carbocycles. The van der Waals surface area contributed by atoms with E-state index in [1.54, 1.807) is 22.7 Å². The maximum absolute atomic E-state index is 4.36. The molecular weight excluding hydrogens is 270 g/mol. The summed E-state index contributed by atoms with van der Waals surface area (Å²) < 4.78 is 2.03. The molecule has 3 rings (SSSR count). The Morgan fingerprint density at radius 1 is 1.12 bits per heavy atom. The van der Waals surface area contributed by atoms with E-state index in [2.05, 4.69) is 34.3 Å². The number of rotatable bonds is 3. The average molecular weight is 279 g/mol. The summed E-state index contributed by atoms with van der Waals surface area (Å²) in [5, 5.41) is 13.0. The van der Waals surface area contributed by atoms with Crippen molar-refractivity contribution in [2.45, 2.75) is 11.7 Å². The number of thiophene rings is 2. The fourth-order valence-corrected chi connectivity index (χ4v) is 3.21.